The van der Waals surface area contributed by atoms with Gasteiger partial charge in [0.1, 0.15) is 5.56 Å². The maximum absolute atomic E-state index is 13.8. The Bertz CT molecular complexity index is 1510. The van der Waals surface area contributed by atoms with Crippen LogP contribution in [0.3, 0.4) is 0 Å². The number of piperazine rings is 1. The number of hydrogen-bond donors (Lipinski definition) is 2. The molecule has 11 nitrogen and oxygen atoms in total. The summed E-state index contributed by atoms with van der Waals surface area (Å²) in [6, 6.07) is 6.13. The van der Waals surface area contributed by atoms with Crippen LogP contribution < -0.4 is 15.4 Å². The van der Waals surface area contributed by atoms with Gasteiger partial charge in [-0.3, -0.25) is 9.59 Å². The maximum atomic E-state index is 13.8. The number of H-pyrrole nitrogens is 1. The molecule has 43 heavy (non-hydrogen) atoms. The molecule has 0 bridgehead atoms. The number of aromatic amines is 1. The highest BCUT2D eigenvalue weighted by Gasteiger charge is 2.42. The number of carbonyl (C=O) groups is 1. The summed E-state index contributed by atoms with van der Waals surface area (Å²) in [6.07, 6.45) is -8.80. The Kier molecular flexibility index (Phi) is 8.29. The summed E-state index contributed by atoms with van der Waals surface area (Å²) in [6.45, 7) is 0.0961. The summed E-state index contributed by atoms with van der Waals surface area (Å²) in [5, 5.41) is 15.9. The van der Waals surface area contributed by atoms with Crippen molar-refractivity contribution in [2.45, 2.75) is 31.0 Å². The number of fused-ring (bicyclic) bond motifs is 1. The minimum absolute atomic E-state index is 0.0484. The molecule has 4 heterocycles. The van der Waals surface area contributed by atoms with Crippen molar-refractivity contribution in [2.75, 3.05) is 49.2 Å². The molecule has 2 atom stereocenters. The molecule has 3 aromatic rings. The van der Waals surface area contributed by atoms with E-state index < -0.39 is 59.4 Å². The zero-order chi connectivity index (χ0) is 30.9. The lowest BCUT2D eigenvalue weighted by molar-refractivity contribution is -0.144. The van der Waals surface area contributed by atoms with Crippen molar-refractivity contribution in [1.29, 1.82) is 0 Å². The van der Waals surface area contributed by atoms with Crippen molar-refractivity contribution in [2.24, 2.45) is 0 Å². The Morgan fingerprint density at radius 3 is 2.35 bits per heavy atom. The van der Waals surface area contributed by atoms with E-state index in [1.165, 1.54) is 9.80 Å². The second-order valence-corrected chi connectivity index (χ2v) is 9.93. The van der Waals surface area contributed by atoms with E-state index in [9.17, 15) is 41.0 Å². The fourth-order valence-corrected chi connectivity index (χ4v) is 5.11. The molecule has 2 aliphatic heterocycles. The van der Waals surface area contributed by atoms with E-state index in [0.717, 1.165) is 11.8 Å². The lowest BCUT2D eigenvalue weighted by Gasteiger charge is -2.35. The molecule has 1 unspecified atom stereocenters. The van der Waals surface area contributed by atoms with Gasteiger partial charge in [0.05, 0.1) is 36.7 Å². The zero-order valence-electron chi connectivity index (χ0n) is 22.3. The average Bonchev–Trinajstić information content (AvgIpc) is 3.34. The van der Waals surface area contributed by atoms with Crippen LogP contribution in [-0.4, -0.2) is 81.6 Å². The van der Waals surface area contributed by atoms with Crippen molar-refractivity contribution in [3.63, 3.8) is 0 Å². The van der Waals surface area contributed by atoms with Crippen LogP contribution in [0.25, 0.3) is 0 Å². The predicted octanol–water partition coefficient (Wildman–Crippen LogP) is 2.39. The molecule has 1 amide bonds. The Hall–Kier alpha value is -4.25. The number of halogens is 6. The second kappa shape index (κ2) is 11.8. The van der Waals surface area contributed by atoms with Crippen LogP contribution in [0.1, 0.15) is 28.3 Å². The number of anilines is 2. The van der Waals surface area contributed by atoms with Gasteiger partial charge >= 0.3 is 12.4 Å². The number of alkyl halides is 6. The molecule has 0 spiro atoms. The molecule has 1 fully saturated rings. The number of ether oxygens (including phenoxy) is 1. The fraction of sp³-hybridized carbons (Fsp3) is 0.423. The van der Waals surface area contributed by atoms with E-state index >= 15 is 0 Å². The van der Waals surface area contributed by atoms with Crippen molar-refractivity contribution < 1.29 is 41.0 Å². The first-order chi connectivity index (χ1) is 20.3. The van der Waals surface area contributed by atoms with Gasteiger partial charge in [0.15, 0.2) is 6.10 Å². The van der Waals surface area contributed by atoms with Gasteiger partial charge in [0, 0.05) is 45.1 Å². The predicted molar refractivity (Wildman–Crippen MR) is 138 cm³/mol. The third-order valence-corrected chi connectivity index (χ3v) is 7.24. The Balaban J connectivity index is 1.20. The minimum Gasteiger partial charge on any atom is -0.381 e. The molecule has 0 aliphatic carbocycles. The third-order valence-electron chi connectivity index (χ3n) is 7.24. The van der Waals surface area contributed by atoms with Crippen LogP contribution in [-0.2, 0) is 28.4 Å². The molecule has 0 radical (unpaired) electrons. The van der Waals surface area contributed by atoms with E-state index in [1.54, 1.807) is 29.2 Å². The van der Waals surface area contributed by atoms with Gasteiger partial charge in [-0.15, -0.1) is 0 Å². The lowest BCUT2D eigenvalue weighted by Crippen LogP contribution is -2.52. The summed E-state index contributed by atoms with van der Waals surface area (Å²) in [5.41, 5.74) is -2.79. The van der Waals surface area contributed by atoms with Crippen molar-refractivity contribution in [3.8, 4) is 0 Å². The van der Waals surface area contributed by atoms with Gasteiger partial charge in [0.25, 0.3) is 11.5 Å². The SMILES string of the molecule is O=C(C(O)COC[C@H]1c2ccccc2CN1c1cn[nH]c(=O)c1C(F)(F)F)N1CCN(c2ncc(C(F)(F)F)cn2)CC1. The van der Waals surface area contributed by atoms with Crippen molar-refractivity contribution in [1.82, 2.24) is 25.1 Å². The topological polar surface area (TPSA) is 128 Å². The van der Waals surface area contributed by atoms with Gasteiger partial charge in [-0.2, -0.15) is 31.4 Å². The zero-order valence-corrected chi connectivity index (χ0v) is 22.3. The Labute approximate surface area is 239 Å². The molecular formula is C26H25F6N7O4. The number of amides is 1. The highest BCUT2D eigenvalue weighted by molar-refractivity contribution is 5.81. The molecule has 1 saturated heterocycles. The largest absolute Gasteiger partial charge is 0.423 e. The number of benzene rings is 1. The summed E-state index contributed by atoms with van der Waals surface area (Å²) in [5.74, 6) is -0.565. The molecule has 2 N–H and O–H groups in total. The van der Waals surface area contributed by atoms with Crippen LogP contribution in [0.2, 0.25) is 0 Å². The summed E-state index contributed by atoms with van der Waals surface area (Å²) in [4.78, 5) is 36.8. The van der Waals surface area contributed by atoms with Gasteiger partial charge in [-0.25, -0.2) is 15.1 Å². The monoisotopic (exact) mass is 613 g/mol. The van der Waals surface area contributed by atoms with Gasteiger partial charge in [-0.1, -0.05) is 24.3 Å². The van der Waals surface area contributed by atoms with E-state index in [4.69, 9.17) is 4.74 Å². The van der Waals surface area contributed by atoms with Crippen molar-refractivity contribution >= 4 is 17.5 Å². The number of nitrogens with zero attached hydrogens (tertiary/aromatic N) is 6. The van der Waals surface area contributed by atoms with Crippen LogP contribution in [0, 0.1) is 0 Å². The number of aromatic nitrogens is 4. The van der Waals surface area contributed by atoms with Gasteiger partial charge in [-0.05, 0) is 11.1 Å². The number of nitrogens with one attached hydrogen (secondary N) is 1. The normalized spacial score (nSPS) is 18.1. The van der Waals surface area contributed by atoms with E-state index in [0.29, 0.717) is 18.0 Å². The maximum Gasteiger partial charge on any atom is 0.423 e. The van der Waals surface area contributed by atoms with E-state index in [1.807, 2.05) is 5.10 Å². The molecule has 1 aromatic carbocycles. The fourth-order valence-electron chi connectivity index (χ4n) is 5.11. The first kappa shape index (κ1) is 30.2. The third kappa shape index (κ3) is 6.41. The highest BCUT2D eigenvalue weighted by atomic mass is 19.4. The molecule has 2 aliphatic rings. The first-order valence-electron chi connectivity index (χ1n) is 13.0. The molecule has 2 aromatic heterocycles. The van der Waals surface area contributed by atoms with E-state index in [2.05, 4.69) is 15.1 Å². The molecule has 17 heteroatoms. The number of aliphatic hydroxyl groups excluding tert-OH is 1. The van der Waals surface area contributed by atoms with Crippen molar-refractivity contribution in [3.05, 3.63) is 75.5 Å². The molecule has 230 valence electrons. The lowest BCUT2D eigenvalue weighted by atomic mass is 10.1. The Morgan fingerprint density at radius 2 is 1.70 bits per heavy atom. The number of aliphatic hydroxyl groups is 1. The quantitative estimate of drug-likeness (QED) is 0.386. The molecular weight excluding hydrogens is 588 g/mol. The molecule has 0 saturated carbocycles. The minimum atomic E-state index is -4.95. The standard InChI is InChI=1S/C26H25F6N7O4/c27-25(28,29)16-9-33-24(34-10-16)38-7-5-37(6-8-38)23(42)20(40)14-43-13-19-17-4-2-1-3-15(17)12-39(19)18-11-35-36-22(41)21(18)26(30,31)32/h1-4,9-11,19-20,40H,5-8,12-14H2,(H,36,41)/t19-,20?/m0/s1. The summed E-state index contributed by atoms with van der Waals surface area (Å²) < 4.78 is 85.3. The Morgan fingerprint density at radius 1 is 1.02 bits per heavy atom. The average molecular weight is 614 g/mol. The summed E-state index contributed by atoms with van der Waals surface area (Å²) >= 11 is 0. The van der Waals surface area contributed by atoms with Crippen LogP contribution in [0.5, 0.6) is 0 Å². The van der Waals surface area contributed by atoms with Crippen LogP contribution in [0.15, 0.2) is 47.7 Å². The number of hydrogen-bond acceptors (Lipinski definition) is 9. The number of rotatable bonds is 7. The summed E-state index contributed by atoms with van der Waals surface area (Å²) in [7, 11) is 0. The second-order valence-electron chi connectivity index (χ2n) is 9.93. The highest BCUT2D eigenvalue weighted by Crippen LogP contribution is 2.42. The van der Waals surface area contributed by atoms with Gasteiger partial charge in [0.2, 0.25) is 5.95 Å². The van der Waals surface area contributed by atoms with E-state index in [-0.39, 0.29) is 45.3 Å². The number of carbonyl (C=O) groups excluding carboxylic acids is 1. The van der Waals surface area contributed by atoms with Crippen LogP contribution >= 0.6 is 0 Å². The first-order valence-corrected chi connectivity index (χ1v) is 13.0. The van der Waals surface area contributed by atoms with Gasteiger partial charge < -0.3 is 24.5 Å². The molecule has 5 rings (SSSR count). The van der Waals surface area contributed by atoms with Crippen LogP contribution in [0.4, 0.5) is 38.0 Å². The smallest absolute Gasteiger partial charge is 0.381 e.